The molecular formula is C30H32ClF4N5O4. The third-order valence-electron chi connectivity index (χ3n) is 6.78. The Morgan fingerprint density at radius 1 is 1.11 bits per heavy atom. The van der Waals surface area contributed by atoms with E-state index in [1.807, 2.05) is 30.3 Å². The second kappa shape index (κ2) is 15.7. The van der Waals surface area contributed by atoms with Crippen LogP contribution in [0.2, 0.25) is 5.02 Å². The first-order chi connectivity index (χ1) is 21.1. The summed E-state index contributed by atoms with van der Waals surface area (Å²) in [5, 5.41) is 11.4. The molecule has 0 radical (unpaired) electrons. The number of carbonyl (C=O) groups is 2. The Balaban J connectivity index is 1.32. The van der Waals surface area contributed by atoms with E-state index in [0.717, 1.165) is 11.8 Å². The summed E-state index contributed by atoms with van der Waals surface area (Å²) in [5.74, 6) is -0.955. The van der Waals surface area contributed by atoms with Gasteiger partial charge in [0.15, 0.2) is 0 Å². The summed E-state index contributed by atoms with van der Waals surface area (Å²) in [6, 6.07) is 15.3. The van der Waals surface area contributed by atoms with Crippen LogP contribution in [0.1, 0.15) is 17.5 Å². The van der Waals surface area contributed by atoms with Crippen LogP contribution in [0.3, 0.4) is 0 Å². The van der Waals surface area contributed by atoms with Crippen LogP contribution in [-0.2, 0) is 27.1 Å². The van der Waals surface area contributed by atoms with Gasteiger partial charge in [0, 0.05) is 29.2 Å². The van der Waals surface area contributed by atoms with Crippen molar-refractivity contribution in [3.63, 3.8) is 0 Å². The SMILES string of the molecule is O=C(NCC(F)(F)F)OC[C@@H]1CO[C@H](CCc2c(F)cncc2NC(=O)[C@H](Cc2ccccc2)Nc2ccc(Cl)cc2)CN1. The molecule has 14 heteroatoms. The van der Waals surface area contributed by atoms with Gasteiger partial charge in [-0.2, -0.15) is 13.2 Å². The summed E-state index contributed by atoms with van der Waals surface area (Å²) in [6.07, 6.45) is -2.57. The Labute approximate surface area is 256 Å². The fraction of sp³-hybridized carbons (Fsp3) is 0.367. The van der Waals surface area contributed by atoms with Gasteiger partial charge in [-0.05, 0) is 42.7 Å². The van der Waals surface area contributed by atoms with Gasteiger partial charge in [0.05, 0.1) is 36.8 Å². The fourth-order valence-corrected chi connectivity index (χ4v) is 4.64. The molecule has 1 saturated heterocycles. The number of anilines is 2. The van der Waals surface area contributed by atoms with Crippen molar-refractivity contribution < 1.29 is 36.6 Å². The molecule has 1 fully saturated rings. The second-order valence-electron chi connectivity index (χ2n) is 10.2. The van der Waals surface area contributed by atoms with Gasteiger partial charge in [-0.15, -0.1) is 0 Å². The van der Waals surface area contributed by atoms with E-state index in [2.05, 4.69) is 20.9 Å². The van der Waals surface area contributed by atoms with Gasteiger partial charge in [-0.1, -0.05) is 41.9 Å². The molecule has 236 valence electrons. The lowest BCUT2D eigenvalue weighted by atomic mass is 10.0. The Bertz CT molecular complexity index is 1370. The van der Waals surface area contributed by atoms with Crippen LogP contribution in [0.5, 0.6) is 0 Å². The molecule has 0 aliphatic carbocycles. The van der Waals surface area contributed by atoms with E-state index in [1.165, 1.54) is 6.20 Å². The Kier molecular flexibility index (Phi) is 11.8. The lowest BCUT2D eigenvalue weighted by molar-refractivity contribution is -0.124. The Hall–Kier alpha value is -3.94. The van der Waals surface area contributed by atoms with Crippen LogP contribution < -0.4 is 21.3 Å². The van der Waals surface area contributed by atoms with E-state index in [9.17, 15) is 27.2 Å². The number of amides is 2. The van der Waals surface area contributed by atoms with Gasteiger partial charge in [-0.3, -0.25) is 9.78 Å². The maximum Gasteiger partial charge on any atom is 0.407 e. The van der Waals surface area contributed by atoms with Crippen molar-refractivity contribution in [1.29, 1.82) is 0 Å². The highest BCUT2D eigenvalue weighted by atomic mass is 35.5. The second-order valence-corrected chi connectivity index (χ2v) is 10.6. The van der Waals surface area contributed by atoms with Crippen LogP contribution in [0.25, 0.3) is 0 Å². The number of pyridine rings is 1. The first kappa shape index (κ1) is 33.0. The van der Waals surface area contributed by atoms with E-state index in [-0.39, 0.29) is 42.9 Å². The topological polar surface area (TPSA) is 114 Å². The summed E-state index contributed by atoms with van der Waals surface area (Å²) in [7, 11) is 0. The minimum atomic E-state index is -4.53. The lowest BCUT2D eigenvalue weighted by Gasteiger charge is -2.30. The van der Waals surface area contributed by atoms with Crippen molar-refractivity contribution in [1.82, 2.24) is 15.6 Å². The minimum Gasteiger partial charge on any atom is -0.448 e. The van der Waals surface area contributed by atoms with Gasteiger partial charge in [0.25, 0.3) is 0 Å². The molecule has 1 aromatic heterocycles. The monoisotopic (exact) mass is 637 g/mol. The molecule has 4 N–H and O–H groups in total. The number of nitrogens with one attached hydrogen (secondary N) is 4. The summed E-state index contributed by atoms with van der Waals surface area (Å²) in [4.78, 5) is 28.9. The quantitative estimate of drug-likeness (QED) is 0.204. The van der Waals surface area contributed by atoms with Gasteiger partial charge in [0.2, 0.25) is 5.91 Å². The number of morpholine rings is 1. The molecule has 1 aliphatic heterocycles. The van der Waals surface area contributed by atoms with Crippen LogP contribution in [0, 0.1) is 5.82 Å². The first-order valence-corrected chi connectivity index (χ1v) is 14.2. The van der Waals surface area contributed by atoms with E-state index >= 15 is 0 Å². The van der Waals surface area contributed by atoms with Crippen LogP contribution in [0.4, 0.5) is 33.7 Å². The highest BCUT2D eigenvalue weighted by molar-refractivity contribution is 6.30. The van der Waals surface area contributed by atoms with Crippen molar-refractivity contribution in [2.75, 3.05) is 36.9 Å². The molecule has 44 heavy (non-hydrogen) atoms. The minimum absolute atomic E-state index is 0.136. The summed E-state index contributed by atoms with van der Waals surface area (Å²) < 4.78 is 62.2. The van der Waals surface area contributed by atoms with E-state index in [0.29, 0.717) is 30.1 Å². The Morgan fingerprint density at radius 2 is 1.86 bits per heavy atom. The zero-order chi connectivity index (χ0) is 31.5. The smallest absolute Gasteiger partial charge is 0.407 e. The Morgan fingerprint density at radius 3 is 2.55 bits per heavy atom. The van der Waals surface area contributed by atoms with Gasteiger partial charge < -0.3 is 30.7 Å². The standard InChI is InChI=1S/C30H32ClF4N5O4/c31-20-6-8-21(9-7-20)39-26(12-19-4-2-1-3-5-19)28(41)40-27-15-36-14-25(32)24(27)11-10-23-13-37-22(16-43-23)17-44-29(42)38-18-30(33,34)35/h1-9,14-15,22-23,26,37,39H,10-13,16-18H2,(H,38,42)(H,40,41)/t22-,23+,26-/m0/s1. The number of alkyl halides is 3. The summed E-state index contributed by atoms with van der Waals surface area (Å²) in [6.45, 7) is -1.18. The molecule has 0 saturated carbocycles. The molecule has 3 atom stereocenters. The zero-order valence-electron chi connectivity index (χ0n) is 23.5. The van der Waals surface area contributed by atoms with Crippen molar-refractivity contribution in [3.8, 4) is 0 Å². The number of hydrogen-bond acceptors (Lipinski definition) is 7. The van der Waals surface area contributed by atoms with Crippen LogP contribution in [0.15, 0.2) is 67.0 Å². The number of hydrogen-bond donors (Lipinski definition) is 4. The van der Waals surface area contributed by atoms with Gasteiger partial charge >= 0.3 is 12.3 Å². The predicted molar refractivity (Wildman–Crippen MR) is 157 cm³/mol. The number of ether oxygens (including phenoxy) is 2. The maximum atomic E-state index is 14.9. The van der Waals surface area contributed by atoms with Crippen LogP contribution in [-0.4, -0.2) is 67.7 Å². The van der Waals surface area contributed by atoms with Crippen molar-refractivity contribution >= 4 is 35.0 Å². The number of benzene rings is 2. The molecular weight excluding hydrogens is 606 g/mol. The fourth-order valence-electron chi connectivity index (χ4n) is 4.52. The molecule has 9 nitrogen and oxygen atoms in total. The number of rotatable bonds is 12. The number of nitrogens with zero attached hydrogens (tertiary/aromatic N) is 1. The molecule has 0 bridgehead atoms. The molecule has 1 aliphatic rings. The van der Waals surface area contributed by atoms with Crippen molar-refractivity contribution in [2.24, 2.45) is 0 Å². The lowest BCUT2D eigenvalue weighted by Crippen LogP contribution is -2.49. The largest absolute Gasteiger partial charge is 0.448 e. The highest BCUT2D eigenvalue weighted by Crippen LogP contribution is 2.23. The molecule has 2 heterocycles. The van der Waals surface area contributed by atoms with Crippen molar-refractivity contribution in [3.05, 3.63) is 89.0 Å². The van der Waals surface area contributed by atoms with Crippen LogP contribution >= 0.6 is 11.6 Å². The van der Waals surface area contributed by atoms with E-state index in [4.69, 9.17) is 21.1 Å². The summed E-state index contributed by atoms with van der Waals surface area (Å²) >= 11 is 6.01. The normalized spacial score (nSPS) is 17.4. The average molecular weight is 638 g/mol. The van der Waals surface area contributed by atoms with Crippen molar-refractivity contribution in [2.45, 2.75) is 43.6 Å². The molecule has 2 amide bonds. The average Bonchev–Trinajstić information content (AvgIpc) is 3.00. The number of halogens is 5. The maximum absolute atomic E-state index is 14.9. The number of carbonyl (C=O) groups excluding carboxylic acids is 2. The third kappa shape index (κ3) is 10.6. The summed E-state index contributed by atoms with van der Waals surface area (Å²) in [5.41, 5.74) is 2.13. The van der Waals surface area contributed by atoms with Gasteiger partial charge in [0.1, 0.15) is 25.0 Å². The van der Waals surface area contributed by atoms with Gasteiger partial charge in [-0.25, -0.2) is 9.18 Å². The number of alkyl carbamates (subject to hydrolysis) is 1. The first-order valence-electron chi connectivity index (χ1n) is 13.9. The third-order valence-corrected chi connectivity index (χ3v) is 7.03. The highest BCUT2D eigenvalue weighted by Gasteiger charge is 2.29. The molecule has 0 unspecified atom stereocenters. The number of aromatic nitrogens is 1. The predicted octanol–water partition coefficient (Wildman–Crippen LogP) is 5.11. The zero-order valence-corrected chi connectivity index (χ0v) is 24.3. The molecule has 3 aromatic rings. The van der Waals surface area contributed by atoms with E-state index in [1.54, 1.807) is 29.6 Å². The molecule has 0 spiro atoms. The molecule has 4 rings (SSSR count). The molecule has 2 aromatic carbocycles. The van der Waals surface area contributed by atoms with E-state index < -0.39 is 36.7 Å².